The zero-order chi connectivity index (χ0) is 16.4. The van der Waals surface area contributed by atoms with E-state index in [0.29, 0.717) is 5.69 Å². The quantitative estimate of drug-likeness (QED) is 0.704. The van der Waals surface area contributed by atoms with Crippen LogP contribution in [0.15, 0.2) is 12.5 Å². The van der Waals surface area contributed by atoms with Gasteiger partial charge in [0, 0.05) is 0 Å². The predicted octanol–water partition coefficient (Wildman–Crippen LogP) is 0.390. The second-order valence-electron chi connectivity index (χ2n) is 5.56. The first kappa shape index (κ1) is 14.9. The number of nitrogen functional groups attached to an aromatic ring is 1. The average molecular weight is 345 g/mol. The molecular weight excluding hydrogens is 332 g/mol. The van der Waals surface area contributed by atoms with Crippen molar-refractivity contribution in [2.24, 2.45) is 0 Å². The van der Waals surface area contributed by atoms with Gasteiger partial charge in [-0.1, -0.05) is 0 Å². The van der Waals surface area contributed by atoms with Crippen LogP contribution in [-0.4, -0.2) is 49.0 Å². The van der Waals surface area contributed by atoms with Crippen LogP contribution in [0.2, 0.25) is 0 Å². The first-order valence-corrected chi connectivity index (χ1v) is 8.23. The topological polar surface area (TPSA) is 134 Å². The summed E-state index contributed by atoms with van der Waals surface area (Å²) in [5.41, 5.74) is 4.17. The summed E-state index contributed by atoms with van der Waals surface area (Å²) in [4.78, 5) is 17.3. The first-order chi connectivity index (χ1) is 10.8. The summed E-state index contributed by atoms with van der Waals surface area (Å²) in [6.45, 7) is 0.986. The van der Waals surface area contributed by atoms with Crippen molar-refractivity contribution >= 4 is 19.3 Å². The number of nitrogens with two attached hydrogens (primary N) is 1. The van der Waals surface area contributed by atoms with Crippen molar-refractivity contribution in [3.8, 4) is 0 Å². The third-order valence-electron chi connectivity index (χ3n) is 3.99. The number of anilines is 1. The molecule has 4 heterocycles. The molecule has 2 aromatic rings. The molecule has 10 nitrogen and oxygen atoms in total. The highest BCUT2D eigenvalue weighted by Gasteiger charge is 2.61. The molecule has 0 saturated carbocycles. The van der Waals surface area contributed by atoms with Crippen LogP contribution in [-0.2, 0) is 18.3 Å². The van der Waals surface area contributed by atoms with E-state index in [0.717, 1.165) is 0 Å². The van der Waals surface area contributed by atoms with Gasteiger partial charge in [-0.05, 0) is 6.92 Å². The Morgan fingerprint density at radius 1 is 1.57 bits per heavy atom. The van der Waals surface area contributed by atoms with E-state index >= 15 is 4.39 Å². The molecule has 3 N–H and O–H groups in total. The number of hydrogen-bond donors (Lipinski definition) is 2. The van der Waals surface area contributed by atoms with E-state index in [1.165, 1.54) is 24.0 Å². The summed E-state index contributed by atoms with van der Waals surface area (Å²) in [5.74, 6) is 0.140. The Bertz CT molecular complexity index is 828. The van der Waals surface area contributed by atoms with Crippen LogP contribution >= 0.6 is 7.82 Å². The number of rotatable bonds is 1. The minimum Gasteiger partial charge on any atom is -0.381 e. The third kappa shape index (κ3) is 2.16. The molecule has 0 aliphatic carbocycles. The Morgan fingerprint density at radius 3 is 3.13 bits per heavy atom. The summed E-state index contributed by atoms with van der Waals surface area (Å²) in [7, 11) is -4.28. The summed E-state index contributed by atoms with van der Waals surface area (Å²) in [6.07, 6.45) is -0.606. The van der Waals surface area contributed by atoms with Crippen molar-refractivity contribution < 1.29 is 27.6 Å². The SMILES string of the molecule is C[C@@]1(F)[C@@H]2OP(=O)(O)OC[C@H]2O[C@H]1c1cnc2c(N)ncnn12. The molecule has 2 saturated heterocycles. The first-order valence-electron chi connectivity index (χ1n) is 6.74. The fourth-order valence-electron chi connectivity index (χ4n) is 2.92. The molecule has 0 radical (unpaired) electrons. The maximum Gasteiger partial charge on any atom is 0.472 e. The molecule has 12 heteroatoms. The molecule has 23 heavy (non-hydrogen) atoms. The zero-order valence-electron chi connectivity index (χ0n) is 11.9. The summed E-state index contributed by atoms with van der Waals surface area (Å²) < 4.78 is 43.4. The Balaban J connectivity index is 1.77. The minimum atomic E-state index is -4.28. The van der Waals surface area contributed by atoms with Crippen LogP contribution in [0.4, 0.5) is 10.2 Å². The molecule has 0 spiro atoms. The lowest BCUT2D eigenvalue weighted by molar-refractivity contribution is -0.0561. The molecule has 2 aliphatic rings. The maximum absolute atomic E-state index is 15.3. The van der Waals surface area contributed by atoms with E-state index in [1.807, 2.05) is 0 Å². The van der Waals surface area contributed by atoms with E-state index in [-0.39, 0.29) is 18.1 Å². The van der Waals surface area contributed by atoms with Crippen LogP contribution in [0.1, 0.15) is 18.7 Å². The van der Waals surface area contributed by atoms with Gasteiger partial charge >= 0.3 is 7.82 Å². The number of alkyl halides is 1. The van der Waals surface area contributed by atoms with Crippen LogP contribution in [0, 0.1) is 0 Å². The highest BCUT2D eigenvalue weighted by atomic mass is 31.2. The molecule has 124 valence electrons. The largest absolute Gasteiger partial charge is 0.472 e. The highest BCUT2D eigenvalue weighted by molar-refractivity contribution is 7.47. The predicted molar refractivity (Wildman–Crippen MR) is 73.0 cm³/mol. The number of halogens is 1. The molecular formula is C11H13FN5O5P. The smallest absolute Gasteiger partial charge is 0.381 e. The van der Waals surface area contributed by atoms with Crippen LogP contribution < -0.4 is 5.73 Å². The van der Waals surface area contributed by atoms with Gasteiger partial charge in [0.15, 0.2) is 17.1 Å². The van der Waals surface area contributed by atoms with E-state index in [2.05, 4.69) is 19.6 Å². The average Bonchev–Trinajstić information content (AvgIpc) is 2.99. The minimum absolute atomic E-state index is 0.140. The van der Waals surface area contributed by atoms with Gasteiger partial charge in [0.25, 0.3) is 0 Å². The van der Waals surface area contributed by atoms with Gasteiger partial charge in [-0.2, -0.15) is 5.10 Å². The molecule has 0 bridgehead atoms. The van der Waals surface area contributed by atoms with Gasteiger partial charge in [0.2, 0.25) is 0 Å². The summed E-state index contributed by atoms with van der Waals surface area (Å²) >= 11 is 0. The number of ether oxygens (including phenoxy) is 1. The molecule has 0 aromatic carbocycles. The van der Waals surface area contributed by atoms with Crippen molar-refractivity contribution in [3.05, 3.63) is 18.2 Å². The number of phosphoric acid groups is 1. The van der Waals surface area contributed by atoms with Crippen molar-refractivity contribution in [2.45, 2.75) is 30.9 Å². The normalized spacial score (nSPS) is 40.4. The van der Waals surface area contributed by atoms with E-state index < -0.39 is 31.8 Å². The van der Waals surface area contributed by atoms with Gasteiger partial charge in [0.1, 0.15) is 24.6 Å². The van der Waals surface area contributed by atoms with Gasteiger partial charge in [-0.3, -0.25) is 9.05 Å². The highest BCUT2D eigenvalue weighted by Crippen LogP contribution is 2.57. The third-order valence-corrected chi connectivity index (χ3v) is 4.96. The fraction of sp³-hybridized carbons (Fsp3) is 0.545. The lowest BCUT2D eigenvalue weighted by Crippen LogP contribution is -2.44. The Kier molecular flexibility index (Phi) is 3.03. The van der Waals surface area contributed by atoms with E-state index in [9.17, 15) is 9.46 Å². The van der Waals surface area contributed by atoms with E-state index in [4.69, 9.17) is 15.0 Å². The molecule has 0 amide bonds. The van der Waals surface area contributed by atoms with Gasteiger partial charge in [-0.25, -0.2) is 23.4 Å². The van der Waals surface area contributed by atoms with Crippen molar-refractivity contribution in [3.63, 3.8) is 0 Å². The monoisotopic (exact) mass is 345 g/mol. The van der Waals surface area contributed by atoms with Gasteiger partial charge < -0.3 is 15.4 Å². The Hall–Kier alpha value is -1.65. The van der Waals surface area contributed by atoms with Gasteiger partial charge in [-0.15, -0.1) is 0 Å². The molecule has 2 fully saturated rings. The molecule has 2 aliphatic heterocycles. The molecule has 5 atom stereocenters. The Morgan fingerprint density at radius 2 is 2.35 bits per heavy atom. The zero-order valence-corrected chi connectivity index (χ0v) is 12.8. The van der Waals surface area contributed by atoms with Crippen LogP contribution in [0.25, 0.3) is 5.65 Å². The molecule has 2 aromatic heterocycles. The van der Waals surface area contributed by atoms with Crippen LogP contribution in [0.5, 0.6) is 0 Å². The number of phosphoric ester groups is 1. The summed E-state index contributed by atoms with van der Waals surface area (Å²) in [6, 6.07) is 0. The van der Waals surface area contributed by atoms with Gasteiger partial charge in [0.05, 0.1) is 18.5 Å². The molecule has 1 unspecified atom stereocenters. The second-order valence-corrected chi connectivity index (χ2v) is 6.97. The summed E-state index contributed by atoms with van der Waals surface area (Å²) in [5, 5.41) is 4.00. The number of aromatic nitrogens is 4. The Labute approximate surface area is 129 Å². The molecule has 4 rings (SSSR count). The number of nitrogens with zero attached hydrogens (tertiary/aromatic N) is 4. The van der Waals surface area contributed by atoms with Crippen LogP contribution in [0.3, 0.4) is 0 Å². The lowest BCUT2D eigenvalue weighted by Gasteiger charge is -2.31. The van der Waals surface area contributed by atoms with Crippen molar-refractivity contribution in [1.29, 1.82) is 0 Å². The number of imidazole rings is 1. The number of fused-ring (bicyclic) bond motifs is 2. The fourth-order valence-corrected chi connectivity index (χ4v) is 3.95. The van der Waals surface area contributed by atoms with Crippen molar-refractivity contribution in [1.82, 2.24) is 19.6 Å². The second kappa shape index (κ2) is 4.68. The standard InChI is InChI=1S/C11H13FN5O5P/c1-11(12)7(21-6-3-20-23(18,19)22-8(6)11)5-2-14-10-9(13)15-4-16-17(5)10/h2,4,6-8H,3H2,1H3,(H,18,19)(H2,13,15,16)/t6-,7+,8-,11+/m1/s1. The number of hydrogen-bond acceptors (Lipinski definition) is 8. The van der Waals surface area contributed by atoms with E-state index in [1.54, 1.807) is 0 Å². The van der Waals surface area contributed by atoms with Crippen molar-refractivity contribution in [2.75, 3.05) is 12.3 Å². The maximum atomic E-state index is 15.3. The lowest BCUT2D eigenvalue weighted by atomic mass is 9.93.